The zero-order valence-corrected chi connectivity index (χ0v) is 18.7. The summed E-state index contributed by atoms with van der Waals surface area (Å²) < 4.78 is 6.75. The number of carbonyl (C=O) groups is 2. The van der Waals surface area contributed by atoms with Crippen LogP contribution in [-0.4, -0.2) is 44.5 Å². The number of hydrogen-bond acceptors (Lipinski definition) is 7. The highest BCUT2D eigenvalue weighted by Gasteiger charge is 2.18. The summed E-state index contributed by atoms with van der Waals surface area (Å²) in [6, 6.07) is 20.4. The molecule has 0 radical (unpaired) electrons. The van der Waals surface area contributed by atoms with Crippen molar-refractivity contribution in [1.29, 1.82) is 0 Å². The SMILES string of the molecule is COC(=O)c1ccccc1NC(=O)CSc1nnc(-c2cccnc2)n1Cc1ccccc1. The molecule has 1 amide bonds. The fourth-order valence-electron chi connectivity index (χ4n) is 3.21. The molecule has 8 nitrogen and oxygen atoms in total. The minimum absolute atomic E-state index is 0.0927. The van der Waals surface area contributed by atoms with Crippen LogP contribution in [-0.2, 0) is 16.1 Å². The van der Waals surface area contributed by atoms with Gasteiger partial charge in [-0.15, -0.1) is 10.2 Å². The molecule has 0 saturated carbocycles. The Morgan fingerprint density at radius 2 is 1.79 bits per heavy atom. The summed E-state index contributed by atoms with van der Waals surface area (Å²) in [4.78, 5) is 28.8. The summed E-state index contributed by atoms with van der Waals surface area (Å²) in [5.74, 6) is -0.0168. The van der Waals surface area contributed by atoms with E-state index in [9.17, 15) is 9.59 Å². The Hall–Kier alpha value is -3.98. The van der Waals surface area contributed by atoms with Crippen molar-refractivity contribution in [1.82, 2.24) is 19.7 Å². The molecule has 0 aliphatic heterocycles. The van der Waals surface area contributed by atoms with Crippen molar-refractivity contribution >= 4 is 29.3 Å². The van der Waals surface area contributed by atoms with E-state index in [-0.39, 0.29) is 11.7 Å². The van der Waals surface area contributed by atoms with Crippen molar-refractivity contribution < 1.29 is 14.3 Å². The highest BCUT2D eigenvalue weighted by Crippen LogP contribution is 2.25. The molecule has 4 aromatic rings. The Morgan fingerprint density at radius 3 is 2.55 bits per heavy atom. The van der Waals surface area contributed by atoms with E-state index in [0.717, 1.165) is 11.1 Å². The van der Waals surface area contributed by atoms with E-state index in [1.165, 1.54) is 18.9 Å². The van der Waals surface area contributed by atoms with Gasteiger partial charge in [-0.25, -0.2) is 4.79 Å². The number of thioether (sulfide) groups is 1. The topological polar surface area (TPSA) is 99.0 Å². The number of anilines is 1. The van der Waals surface area contributed by atoms with E-state index in [1.54, 1.807) is 36.7 Å². The van der Waals surface area contributed by atoms with Crippen molar-refractivity contribution in [3.05, 3.63) is 90.3 Å². The molecule has 0 saturated heterocycles. The predicted molar refractivity (Wildman–Crippen MR) is 126 cm³/mol. The molecule has 0 spiro atoms. The van der Waals surface area contributed by atoms with Gasteiger partial charge in [-0.2, -0.15) is 0 Å². The van der Waals surface area contributed by atoms with Crippen LogP contribution >= 0.6 is 11.8 Å². The minimum Gasteiger partial charge on any atom is -0.465 e. The van der Waals surface area contributed by atoms with Gasteiger partial charge >= 0.3 is 5.97 Å². The summed E-state index contributed by atoms with van der Waals surface area (Å²) >= 11 is 1.27. The molecular formula is C24H21N5O3S. The largest absolute Gasteiger partial charge is 0.465 e. The summed E-state index contributed by atoms with van der Waals surface area (Å²) in [6.07, 6.45) is 3.43. The standard InChI is InChI=1S/C24H21N5O3S/c1-32-23(31)19-11-5-6-12-20(19)26-21(30)16-33-24-28-27-22(18-10-7-13-25-14-18)29(24)15-17-8-3-2-4-9-17/h2-14H,15-16H2,1H3,(H,26,30). The highest BCUT2D eigenvalue weighted by molar-refractivity contribution is 7.99. The van der Waals surface area contributed by atoms with Gasteiger partial charge in [0.15, 0.2) is 11.0 Å². The second kappa shape index (κ2) is 10.6. The second-order valence-electron chi connectivity index (χ2n) is 6.99. The van der Waals surface area contributed by atoms with Gasteiger partial charge in [-0.3, -0.25) is 14.3 Å². The first-order valence-corrected chi connectivity index (χ1v) is 11.1. The number of para-hydroxylation sites is 1. The van der Waals surface area contributed by atoms with Crippen LogP contribution in [0.2, 0.25) is 0 Å². The van der Waals surface area contributed by atoms with Gasteiger partial charge in [0.1, 0.15) is 0 Å². The fraction of sp³-hybridized carbons (Fsp3) is 0.125. The van der Waals surface area contributed by atoms with E-state index in [0.29, 0.717) is 28.8 Å². The first kappa shape index (κ1) is 22.2. The van der Waals surface area contributed by atoms with Crippen molar-refractivity contribution in [3.8, 4) is 11.4 Å². The summed E-state index contributed by atoms with van der Waals surface area (Å²) in [7, 11) is 1.30. The maximum Gasteiger partial charge on any atom is 0.339 e. The number of nitrogens with zero attached hydrogens (tertiary/aromatic N) is 4. The smallest absolute Gasteiger partial charge is 0.339 e. The number of amides is 1. The van der Waals surface area contributed by atoms with Crippen LogP contribution in [0.25, 0.3) is 11.4 Å². The van der Waals surface area contributed by atoms with Crippen LogP contribution in [0, 0.1) is 0 Å². The number of benzene rings is 2. The fourth-order valence-corrected chi connectivity index (χ4v) is 3.95. The molecule has 0 aliphatic rings. The number of carbonyl (C=O) groups excluding carboxylic acids is 2. The number of nitrogens with one attached hydrogen (secondary N) is 1. The number of ether oxygens (including phenoxy) is 1. The lowest BCUT2D eigenvalue weighted by Crippen LogP contribution is -2.17. The second-order valence-corrected chi connectivity index (χ2v) is 7.94. The third kappa shape index (κ3) is 5.45. The van der Waals surface area contributed by atoms with Crippen molar-refractivity contribution in [2.24, 2.45) is 0 Å². The lowest BCUT2D eigenvalue weighted by molar-refractivity contribution is -0.113. The van der Waals surface area contributed by atoms with E-state index in [1.807, 2.05) is 47.0 Å². The molecule has 0 aliphatic carbocycles. The Kier molecular flexibility index (Phi) is 7.11. The average molecular weight is 460 g/mol. The number of methoxy groups -OCH3 is 1. The van der Waals surface area contributed by atoms with E-state index >= 15 is 0 Å². The molecule has 0 atom stereocenters. The van der Waals surface area contributed by atoms with Gasteiger partial charge in [-0.05, 0) is 29.8 Å². The lowest BCUT2D eigenvalue weighted by Gasteiger charge is -2.11. The minimum atomic E-state index is -0.512. The molecule has 0 unspecified atom stereocenters. The first-order valence-electron chi connectivity index (χ1n) is 10.1. The lowest BCUT2D eigenvalue weighted by atomic mass is 10.2. The third-order valence-electron chi connectivity index (χ3n) is 4.76. The van der Waals surface area contributed by atoms with Crippen LogP contribution in [0.15, 0.2) is 84.3 Å². The van der Waals surface area contributed by atoms with Crippen LogP contribution in [0.1, 0.15) is 15.9 Å². The Morgan fingerprint density at radius 1 is 1.00 bits per heavy atom. The van der Waals surface area contributed by atoms with Gasteiger partial charge in [0.25, 0.3) is 0 Å². The first-order chi connectivity index (χ1) is 16.2. The van der Waals surface area contributed by atoms with E-state index in [2.05, 4.69) is 20.5 Å². The maximum absolute atomic E-state index is 12.6. The third-order valence-corrected chi connectivity index (χ3v) is 5.73. The van der Waals surface area contributed by atoms with Crippen LogP contribution in [0.4, 0.5) is 5.69 Å². The molecule has 166 valence electrons. The molecule has 0 fully saturated rings. The molecule has 0 bridgehead atoms. The zero-order valence-electron chi connectivity index (χ0n) is 17.8. The maximum atomic E-state index is 12.6. The number of hydrogen-bond donors (Lipinski definition) is 1. The van der Waals surface area contributed by atoms with Gasteiger partial charge in [0, 0.05) is 18.0 Å². The number of esters is 1. The summed E-state index contributed by atoms with van der Waals surface area (Å²) in [5, 5.41) is 12.1. The predicted octanol–water partition coefficient (Wildman–Crippen LogP) is 3.91. The van der Waals surface area contributed by atoms with E-state index in [4.69, 9.17) is 4.74 Å². The highest BCUT2D eigenvalue weighted by atomic mass is 32.2. The van der Waals surface area contributed by atoms with Crippen molar-refractivity contribution in [3.63, 3.8) is 0 Å². The van der Waals surface area contributed by atoms with E-state index < -0.39 is 5.97 Å². The molecule has 2 aromatic carbocycles. The van der Waals surface area contributed by atoms with Crippen molar-refractivity contribution in [2.75, 3.05) is 18.2 Å². The molecular weight excluding hydrogens is 438 g/mol. The van der Waals surface area contributed by atoms with Crippen LogP contribution in [0.5, 0.6) is 0 Å². The normalized spacial score (nSPS) is 10.6. The number of pyridine rings is 1. The molecule has 2 aromatic heterocycles. The van der Waals surface area contributed by atoms with Crippen LogP contribution < -0.4 is 5.32 Å². The molecule has 2 heterocycles. The molecule has 33 heavy (non-hydrogen) atoms. The van der Waals surface area contributed by atoms with Gasteiger partial charge < -0.3 is 10.1 Å². The average Bonchev–Trinajstić information content (AvgIpc) is 3.26. The summed E-state index contributed by atoms with van der Waals surface area (Å²) in [5.41, 5.74) is 2.62. The van der Waals surface area contributed by atoms with Gasteiger partial charge in [0.2, 0.25) is 5.91 Å². The van der Waals surface area contributed by atoms with Gasteiger partial charge in [-0.1, -0.05) is 54.2 Å². The number of rotatable bonds is 8. The zero-order chi connectivity index (χ0) is 23.0. The number of aromatic nitrogens is 4. The molecule has 9 heteroatoms. The van der Waals surface area contributed by atoms with Gasteiger partial charge in [0.05, 0.1) is 30.7 Å². The van der Waals surface area contributed by atoms with Crippen LogP contribution in [0.3, 0.4) is 0 Å². The Bertz CT molecular complexity index is 1250. The quantitative estimate of drug-likeness (QED) is 0.315. The molecule has 1 N–H and O–H groups in total. The molecule has 4 rings (SSSR count). The van der Waals surface area contributed by atoms with Crippen molar-refractivity contribution in [2.45, 2.75) is 11.7 Å². The Balaban J connectivity index is 1.53. The summed E-state index contributed by atoms with van der Waals surface area (Å²) in [6.45, 7) is 0.549. The monoisotopic (exact) mass is 459 g/mol. The Labute approximate surface area is 195 Å².